The lowest BCUT2D eigenvalue weighted by atomic mass is 9.96. The van der Waals surface area contributed by atoms with Gasteiger partial charge in [-0.2, -0.15) is 5.10 Å². The number of rotatable bonds is 2. The molecule has 2 rings (SSSR count). The van der Waals surface area contributed by atoms with Gasteiger partial charge in [0.1, 0.15) is 0 Å². The first-order valence-corrected chi connectivity index (χ1v) is 4.94. The number of ether oxygens (including phenoxy) is 1. The van der Waals surface area contributed by atoms with Gasteiger partial charge in [-0.15, -0.1) is 0 Å². The molecule has 82 valence electrons. The highest BCUT2D eigenvalue weighted by Crippen LogP contribution is 2.35. The maximum Gasteiger partial charge on any atom is 0.309 e. The van der Waals surface area contributed by atoms with Gasteiger partial charge in [0.2, 0.25) is 0 Å². The van der Waals surface area contributed by atoms with Crippen LogP contribution in [0.25, 0.3) is 0 Å². The van der Waals surface area contributed by atoms with Crippen LogP contribution < -0.4 is 0 Å². The van der Waals surface area contributed by atoms with E-state index in [-0.39, 0.29) is 6.10 Å². The van der Waals surface area contributed by atoms with Gasteiger partial charge in [-0.05, 0) is 13.3 Å². The van der Waals surface area contributed by atoms with Gasteiger partial charge >= 0.3 is 5.97 Å². The number of aryl methyl sites for hydroxylation is 1. The summed E-state index contributed by atoms with van der Waals surface area (Å²) in [6, 6.07) is 0. The average Bonchev–Trinajstić information content (AvgIpc) is 2.75. The number of carbonyl (C=O) groups is 1. The van der Waals surface area contributed by atoms with E-state index in [1.54, 1.807) is 10.9 Å². The summed E-state index contributed by atoms with van der Waals surface area (Å²) in [5.41, 5.74) is 1.86. The van der Waals surface area contributed by atoms with Gasteiger partial charge in [0, 0.05) is 24.9 Å². The number of hydrogen-bond acceptors (Lipinski definition) is 3. The molecule has 0 radical (unpaired) electrons. The Labute approximate surface area is 87.7 Å². The van der Waals surface area contributed by atoms with Crippen molar-refractivity contribution in [3.05, 3.63) is 17.5 Å². The minimum Gasteiger partial charge on any atom is -0.481 e. The van der Waals surface area contributed by atoms with Gasteiger partial charge in [-0.1, -0.05) is 0 Å². The first-order chi connectivity index (χ1) is 7.11. The van der Waals surface area contributed by atoms with Crippen molar-refractivity contribution in [3.63, 3.8) is 0 Å². The third-order valence-electron chi connectivity index (χ3n) is 2.99. The highest BCUT2D eigenvalue weighted by atomic mass is 16.5. The van der Waals surface area contributed by atoms with Gasteiger partial charge in [-0.3, -0.25) is 9.48 Å². The molecule has 1 aliphatic heterocycles. The Morgan fingerprint density at radius 3 is 3.00 bits per heavy atom. The van der Waals surface area contributed by atoms with Gasteiger partial charge in [0.05, 0.1) is 18.2 Å². The molecule has 1 N–H and O–H groups in total. The molecule has 0 saturated carbocycles. The van der Waals surface area contributed by atoms with Crippen molar-refractivity contribution < 1.29 is 14.6 Å². The Balaban J connectivity index is 2.30. The Kier molecular flexibility index (Phi) is 2.48. The van der Waals surface area contributed by atoms with Gasteiger partial charge in [0.25, 0.3) is 0 Å². The fourth-order valence-electron chi connectivity index (χ4n) is 1.94. The van der Waals surface area contributed by atoms with Crippen molar-refractivity contribution in [1.82, 2.24) is 9.78 Å². The number of nitrogens with zero attached hydrogens (tertiary/aromatic N) is 2. The van der Waals surface area contributed by atoms with E-state index in [2.05, 4.69) is 5.10 Å². The van der Waals surface area contributed by atoms with Crippen molar-refractivity contribution in [2.45, 2.75) is 19.4 Å². The van der Waals surface area contributed by atoms with Crippen LogP contribution in [0.2, 0.25) is 0 Å². The predicted molar refractivity (Wildman–Crippen MR) is 52.4 cm³/mol. The maximum atomic E-state index is 11.0. The zero-order valence-electron chi connectivity index (χ0n) is 8.80. The standard InChI is InChI=1S/C10H14N2O3/c1-6-8(5-11-12(6)2)9-7(10(13)14)3-4-15-9/h5,7,9H,3-4H2,1-2H3,(H,13,14)/t7-,9+/m1/s1. The molecule has 0 amide bonds. The van der Waals surface area contributed by atoms with E-state index in [4.69, 9.17) is 9.84 Å². The molecule has 2 heterocycles. The lowest BCUT2D eigenvalue weighted by molar-refractivity contribution is -0.143. The first kappa shape index (κ1) is 10.2. The van der Waals surface area contributed by atoms with E-state index in [0.717, 1.165) is 11.3 Å². The van der Waals surface area contributed by atoms with Crippen LogP contribution in [0.4, 0.5) is 0 Å². The lowest BCUT2D eigenvalue weighted by Crippen LogP contribution is -2.18. The van der Waals surface area contributed by atoms with Crippen LogP contribution in [0.1, 0.15) is 23.8 Å². The highest BCUT2D eigenvalue weighted by Gasteiger charge is 2.36. The van der Waals surface area contributed by atoms with E-state index in [1.165, 1.54) is 0 Å². The average molecular weight is 210 g/mol. The van der Waals surface area contributed by atoms with Crippen LogP contribution in [0.15, 0.2) is 6.20 Å². The number of hydrogen-bond donors (Lipinski definition) is 1. The zero-order valence-corrected chi connectivity index (χ0v) is 8.80. The minimum absolute atomic E-state index is 0.337. The molecule has 1 aromatic rings. The molecule has 2 atom stereocenters. The van der Waals surface area contributed by atoms with Crippen LogP contribution in [0.3, 0.4) is 0 Å². The third kappa shape index (κ3) is 1.63. The van der Waals surface area contributed by atoms with Crippen LogP contribution >= 0.6 is 0 Å². The molecule has 0 unspecified atom stereocenters. The molecule has 15 heavy (non-hydrogen) atoms. The van der Waals surface area contributed by atoms with E-state index >= 15 is 0 Å². The number of carboxylic acids is 1. The molecule has 5 heteroatoms. The summed E-state index contributed by atoms with van der Waals surface area (Å²) >= 11 is 0. The molecule has 1 aromatic heterocycles. The van der Waals surface area contributed by atoms with Crippen LogP contribution in [-0.4, -0.2) is 27.5 Å². The number of carboxylic acid groups (broad SMARTS) is 1. The van der Waals surface area contributed by atoms with Crippen molar-refractivity contribution in [2.24, 2.45) is 13.0 Å². The SMILES string of the molecule is Cc1c([C@H]2OCC[C@H]2C(=O)O)cnn1C. The predicted octanol–water partition coefficient (Wildman–Crippen LogP) is 0.891. The smallest absolute Gasteiger partial charge is 0.309 e. The van der Waals surface area contributed by atoms with Crippen molar-refractivity contribution in [2.75, 3.05) is 6.61 Å². The summed E-state index contributed by atoms with van der Waals surface area (Å²) in [7, 11) is 1.84. The van der Waals surface area contributed by atoms with Gasteiger partial charge in [-0.25, -0.2) is 0 Å². The summed E-state index contributed by atoms with van der Waals surface area (Å²) < 4.78 is 7.20. The van der Waals surface area contributed by atoms with E-state index in [0.29, 0.717) is 13.0 Å². The van der Waals surface area contributed by atoms with Crippen molar-refractivity contribution in [3.8, 4) is 0 Å². The monoisotopic (exact) mass is 210 g/mol. The molecule has 1 fully saturated rings. The zero-order chi connectivity index (χ0) is 11.0. The van der Waals surface area contributed by atoms with Crippen LogP contribution in [0, 0.1) is 12.8 Å². The van der Waals surface area contributed by atoms with Crippen LogP contribution in [0.5, 0.6) is 0 Å². The topological polar surface area (TPSA) is 64.3 Å². The molecule has 0 aliphatic carbocycles. The Bertz CT molecular complexity index is 386. The summed E-state index contributed by atoms with van der Waals surface area (Å²) in [4.78, 5) is 11.0. The Morgan fingerprint density at radius 2 is 2.47 bits per heavy atom. The van der Waals surface area contributed by atoms with Gasteiger partial charge in [0.15, 0.2) is 0 Å². The fourth-order valence-corrected chi connectivity index (χ4v) is 1.94. The summed E-state index contributed by atoms with van der Waals surface area (Å²) in [5, 5.41) is 13.1. The number of aromatic nitrogens is 2. The fraction of sp³-hybridized carbons (Fsp3) is 0.600. The molecule has 1 aliphatic rings. The molecule has 0 aromatic carbocycles. The van der Waals surface area contributed by atoms with Crippen molar-refractivity contribution >= 4 is 5.97 Å². The van der Waals surface area contributed by atoms with E-state index < -0.39 is 11.9 Å². The second kappa shape index (κ2) is 3.66. The molecule has 5 nitrogen and oxygen atoms in total. The molecular formula is C10H14N2O3. The second-order valence-electron chi connectivity index (χ2n) is 3.83. The summed E-state index contributed by atoms with van der Waals surface area (Å²) in [6.07, 6.45) is 1.94. The van der Waals surface area contributed by atoms with Gasteiger partial charge < -0.3 is 9.84 Å². The largest absolute Gasteiger partial charge is 0.481 e. The Morgan fingerprint density at radius 1 is 1.73 bits per heavy atom. The molecule has 0 bridgehead atoms. The quantitative estimate of drug-likeness (QED) is 0.787. The summed E-state index contributed by atoms with van der Waals surface area (Å²) in [5.74, 6) is -1.23. The normalized spacial score (nSPS) is 25.7. The summed E-state index contributed by atoms with van der Waals surface area (Å²) in [6.45, 7) is 2.43. The maximum absolute atomic E-state index is 11.0. The lowest BCUT2D eigenvalue weighted by Gasteiger charge is -2.14. The Hall–Kier alpha value is -1.36. The van der Waals surface area contributed by atoms with E-state index in [1.807, 2.05) is 14.0 Å². The third-order valence-corrected chi connectivity index (χ3v) is 2.99. The highest BCUT2D eigenvalue weighted by molar-refractivity contribution is 5.71. The van der Waals surface area contributed by atoms with Crippen molar-refractivity contribution in [1.29, 1.82) is 0 Å². The van der Waals surface area contributed by atoms with Crippen LogP contribution in [-0.2, 0) is 16.6 Å². The second-order valence-corrected chi connectivity index (χ2v) is 3.83. The minimum atomic E-state index is -0.791. The molecule has 0 spiro atoms. The van der Waals surface area contributed by atoms with E-state index in [9.17, 15) is 4.79 Å². The molecule has 1 saturated heterocycles. The molecular weight excluding hydrogens is 196 g/mol. The number of aliphatic carboxylic acids is 1. The first-order valence-electron chi connectivity index (χ1n) is 4.94.